The van der Waals surface area contributed by atoms with Crippen LogP contribution in [0.4, 0.5) is 5.69 Å². The van der Waals surface area contributed by atoms with Crippen LogP contribution in [0.2, 0.25) is 0 Å². The summed E-state index contributed by atoms with van der Waals surface area (Å²) in [5.41, 5.74) is 3.99. The molecule has 4 heteroatoms. The van der Waals surface area contributed by atoms with Gasteiger partial charge in [0.2, 0.25) is 5.91 Å². The quantitative estimate of drug-likeness (QED) is 0.842. The van der Waals surface area contributed by atoms with Crippen molar-refractivity contribution >= 4 is 11.6 Å². The Hall–Kier alpha value is -1.55. The van der Waals surface area contributed by atoms with E-state index in [1.54, 1.807) is 7.11 Å². The van der Waals surface area contributed by atoms with E-state index in [0.717, 1.165) is 34.7 Å². The molecule has 18 heavy (non-hydrogen) atoms. The van der Waals surface area contributed by atoms with E-state index in [4.69, 9.17) is 4.74 Å². The summed E-state index contributed by atoms with van der Waals surface area (Å²) in [6, 6.07) is 1.95. The Morgan fingerprint density at radius 3 is 2.50 bits per heavy atom. The third-order valence-corrected chi connectivity index (χ3v) is 3.04. The second-order valence-electron chi connectivity index (χ2n) is 4.35. The predicted octanol–water partition coefficient (Wildman–Crippen LogP) is 2.17. The first kappa shape index (κ1) is 14.5. The van der Waals surface area contributed by atoms with Crippen molar-refractivity contribution in [3.05, 3.63) is 22.8 Å². The molecule has 1 amide bonds. The van der Waals surface area contributed by atoms with Gasteiger partial charge in [-0.15, -0.1) is 0 Å². The predicted molar refractivity (Wildman–Crippen MR) is 74.4 cm³/mol. The van der Waals surface area contributed by atoms with Crippen LogP contribution in [0.15, 0.2) is 6.07 Å². The van der Waals surface area contributed by atoms with Crippen molar-refractivity contribution in [2.75, 3.05) is 25.5 Å². The van der Waals surface area contributed by atoms with Gasteiger partial charge in [-0.25, -0.2) is 0 Å². The molecule has 4 nitrogen and oxygen atoms in total. The van der Waals surface area contributed by atoms with Gasteiger partial charge < -0.3 is 15.4 Å². The van der Waals surface area contributed by atoms with Gasteiger partial charge in [-0.05, 0) is 50.1 Å². The average Bonchev–Trinajstić information content (AvgIpc) is 2.33. The number of likely N-dealkylation sites (N-methyl/N-ethyl adjacent to an activating group) is 1. The SMILES string of the molecule is CCNCC(=O)Nc1cc(C)c(OC)c(C)c1C. The van der Waals surface area contributed by atoms with Crippen LogP contribution in [0.3, 0.4) is 0 Å². The Labute approximate surface area is 109 Å². The van der Waals surface area contributed by atoms with Crippen molar-refractivity contribution in [2.24, 2.45) is 0 Å². The number of carbonyl (C=O) groups excluding carboxylic acids is 1. The van der Waals surface area contributed by atoms with Gasteiger partial charge in [0.05, 0.1) is 13.7 Å². The highest BCUT2D eigenvalue weighted by Crippen LogP contribution is 2.31. The highest BCUT2D eigenvalue weighted by molar-refractivity contribution is 5.93. The fraction of sp³-hybridized carbons (Fsp3) is 0.500. The highest BCUT2D eigenvalue weighted by atomic mass is 16.5. The number of aryl methyl sites for hydroxylation is 1. The number of methoxy groups -OCH3 is 1. The standard InChI is InChI=1S/C14H22N2O2/c1-6-15-8-13(17)16-12-7-9(2)14(18-5)11(4)10(12)3/h7,15H,6,8H2,1-5H3,(H,16,17). The van der Waals surface area contributed by atoms with Crippen LogP contribution in [0, 0.1) is 20.8 Å². The average molecular weight is 250 g/mol. The first-order chi connectivity index (χ1) is 8.51. The summed E-state index contributed by atoms with van der Waals surface area (Å²) in [4.78, 5) is 11.7. The van der Waals surface area contributed by atoms with E-state index in [0.29, 0.717) is 6.54 Å². The molecule has 0 spiro atoms. The van der Waals surface area contributed by atoms with Gasteiger partial charge in [-0.3, -0.25) is 4.79 Å². The van der Waals surface area contributed by atoms with E-state index < -0.39 is 0 Å². The topological polar surface area (TPSA) is 50.4 Å². The number of hydrogen-bond acceptors (Lipinski definition) is 3. The van der Waals surface area contributed by atoms with E-state index in [1.165, 1.54) is 0 Å². The van der Waals surface area contributed by atoms with Crippen LogP contribution in [0.5, 0.6) is 5.75 Å². The molecule has 0 unspecified atom stereocenters. The van der Waals surface area contributed by atoms with Crippen LogP contribution in [0.1, 0.15) is 23.6 Å². The van der Waals surface area contributed by atoms with Crippen molar-refractivity contribution in [1.29, 1.82) is 0 Å². The van der Waals surface area contributed by atoms with Crippen molar-refractivity contribution in [3.63, 3.8) is 0 Å². The van der Waals surface area contributed by atoms with Crippen LogP contribution >= 0.6 is 0 Å². The zero-order valence-corrected chi connectivity index (χ0v) is 11.8. The molecule has 1 aromatic carbocycles. The maximum absolute atomic E-state index is 11.7. The summed E-state index contributed by atoms with van der Waals surface area (Å²) in [6.07, 6.45) is 0. The number of hydrogen-bond donors (Lipinski definition) is 2. The number of nitrogens with one attached hydrogen (secondary N) is 2. The lowest BCUT2D eigenvalue weighted by Gasteiger charge is -2.16. The summed E-state index contributed by atoms with van der Waals surface area (Å²) >= 11 is 0. The van der Waals surface area contributed by atoms with Crippen molar-refractivity contribution < 1.29 is 9.53 Å². The number of ether oxygens (including phenoxy) is 1. The Balaban J connectivity index is 2.94. The Kier molecular flexibility index (Phi) is 5.16. The largest absolute Gasteiger partial charge is 0.496 e. The molecule has 0 saturated heterocycles. The van der Waals surface area contributed by atoms with Crippen molar-refractivity contribution in [3.8, 4) is 5.75 Å². The summed E-state index contributed by atoms with van der Waals surface area (Å²) in [5.74, 6) is 0.862. The van der Waals surface area contributed by atoms with Gasteiger partial charge in [-0.1, -0.05) is 6.92 Å². The molecule has 2 N–H and O–H groups in total. The molecule has 0 bridgehead atoms. The second-order valence-corrected chi connectivity index (χ2v) is 4.35. The van der Waals surface area contributed by atoms with Crippen LogP contribution in [-0.2, 0) is 4.79 Å². The number of benzene rings is 1. The smallest absolute Gasteiger partial charge is 0.238 e. The Bertz CT molecular complexity index is 442. The lowest BCUT2D eigenvalue weighted by Crippen LogP contribution is -2.28. The molecule has 1 aromatic rings. The van der Waals surface area contributed by atoms with Gasteiger partial charge >= 0.3 is 0 Å². The van der Waals surface area contributed by atoms with Gasteiger partial charge in [0.15, 0.2) is 0 Å². The zero-order chi connectivity index (χ0) is 13.7. The third kappa shape index (κ3) is 3.23. The number of amides is 1. The minimum Gasteiger partial charge on any atom is -0.496 e. The van der Waals surface area contributed by atoms with Crippen LogP contribution < -0.4 is 15.4 Å². The molecule has 0 atom stereocenters. The molecule has 0 heterocycles. The number of anilines is 1. The molecule has 0 fully saturated rings. The van der Waals surface area contributed by atoms with E-state index in [2.05, 4.69) is 10.6 Å². The third-order valence-electron chi connectivity index (χ3n) is 3.04. The Morgan fingerprint density at radius 1 is 1.28 bits per heavy atom. The van der Waals surface area contributed by atoms with E-state index in [1.807, 2.05) is 33.8 Å². The minimum absolute atomic E-state index is 0.0242. The lowest BCUT2D eigenvalue weighted by atomic mass is 10.0. The molecule has 0 saturated carbocycles. The summed E-state index contributed by atoms with van der Waals surface area (Å²) in [5, 5.41) is 5.92. The normalized spacial score (nSPS) is 10.3. The summed E-state index contributed by atoms with van der Waals surface area (Å²) in [7, 11) is 1.66. The molecular weight excluding hydrogens is 228 g/mol. The van der Waals surface area contributed by atoms with Crippen molar-refractivity contribution in [2.45, 2.75) is 27.7 Å². The van der Waals surface area contributed by atoms with Gasteiger partial charge in [0, 0.05) is 5.69 Å². The summed E-state index contributed by atoms with van der Waals surface area (Å²) in [6.45, 7) is 9.06. The molecule has 0 aliphatic carbocycles. The first-order valence-electron chi connectivity index (χ1n) is 6.16. The Morgan fingerprint density at radius 2 is 1.94 bits per heavy atom. The van der Waals surface area contributed by atoms with Crippen LogP contribution in [0.25, 0.3) is 0 Å². The van der Waals surface area contributed by atoms with Crippen LogP contribution in [-0.4, -0.2) is 26.1 Å². The van der Waals surface area contributed by atoms with E-state index in [-0.39, 0.29) is 5.91 Å². The van der Waals surface area contributed by atoms with E-state index in [9.17, 15) is 4.79 Å². The monoisotopic (exact) mass is 250 g/mol. The minimum atomic E-state index is -0.0242. The van der Waals surface area contributed by atoms with Gasteiger partial charge in [-0.2, -0.15) is 0 Å². The van der Waals surface area contributed by atoms with Gasteiger partial charge in [0.25, 0.3) is 0 Å². The molecule has 0 aliphatic rings. The van der Waals surface area contributed by atoms with Crippen molar-refractivity contribution in [1.82, 2.24) is 5.32 Å². The molecular formula is C14H22N2O2. The summed E-state index contributed by atoms with van der Waals surface area (Å²) < 4.78 is 5.36. The number of rotatable bonds is 5. The zero-order valence-electron chi connectivity index (χ0n) is 11.8. The maximum Gasteiger partial charge on any atom is 0.238 e. The fourth-order valence-electron chi connectivity index (χ4n) is 1.94. The highest BCUT2D eigenvalue weighted by Gasteiger charge is 2.12. The van der Waals surface area contributed by atoms with Gasteiger partial charge in [0.1, 0.15) is 5.75 Å². The molecule has 0 aliphatic heterocycles. The lowest BCUT2D eigenvalue weighted by molar-refractivity contribution is -0.115. The molecule has 1 rings (SSSR count). The number of carbonyl (C=O) groups is 1. The molecule has 0 radical (unpaired) electrons. The second kappa shape index (κ2) is 6.40. The molecule has 100 valence electrons. The molecule has 0 aromatic heterocycles. The first-order valence-corrected chi connectivity index (χ1v) is 6.16. The maximum atomic E-state index is 11.7. The van der Waals surface area contributed by atoms with E-state index >= 15 is 0 Å². The fourth-order valence-corrected chi connectivity index (χ4v) is 1.94.